The van der Waals surface area contributed by atoms with Gasteiger partial charge in [-0.1, -0.05) is 0 Å². The molecule has 0 aromatic carbocycles. The highest BCUT2D eigenvalue weighted by molar-refractivity contribution is 5.58. The summed E-state index contributed by atoms with van der Waals surface area (Å²) in [5.74, 6) is 0.728. The van der Waals surface area contributed by atoms with Gasteiger partial charge in [-0.15, -0.1) is 0 Å². The molecule has 1 aliphatic rings. The average Bonchev–Trinajstić information content (AvgIpc) is 3.04. The number of aromatic nitrogens is 3. The molecule has 0 saturated heterocycles. The van der Waals surface area contributed by atoms with E-state index in [2.05, 4.69) is 15.4 Å². The van der Waals surface area contributed by atoms with Crippen LogP contribution in [0.25, 0.3) is 11.5 Å². The van der Waals surface area contributed by atoms with Gasteiger partial charge in [0.15, 0.2) is 12.2 Å². The number of hydrogen-bond acceptors (Lipinski definition) is 5. The summed E-state index contributed by atoms with van der Waals surface area (Å²) in [6.45, 7) is 3.25. The topological polar surface area (TPSA) is 65.1 Å². The van der Waals surface area contributed by atoms with Crippen molar-refractivity contribution >= 4 is 0 Å². The number of methoxy groups -OCH3 is 1. The fraction of sp³-hybridized carbons (Fsp3) is 0.500. The third-order valence-electron chi connectivity index (χ3n) is 3.18. The van der Waals surface area contributed by atoms with Crippen molar-refractivity contribution in [1.29, 1.82) is 0 Å². The molecule has 0 saturated carbocycles. The number of hydrogen-bond donors (Lipinski definition) is 1. The maximum Gasteiger partial charge on any atom is 0.181 e. The molecule has 0 atom stereocenters. The van der Waals surface area contributed by atoms with Gasteiger partial charge in [0.2, 0.25) is 0 Å². The summed E-state index contributed by atoms with van der Waals surface area (Å²) in [6, 6.07) is 0. The van der Waals surface area contributed by atoms with Crippen molar-refractivity contribution in [2.24, 2.45) is 0 Å². The largest absolute Gasteiger partial charge is 0.442 e. The van der Waals surface area contributed by atoms with Gasteiger partial charge in [-0.05, 0) is 0 Å². The van der Waals surface area contributed by atoms with E-state index in [1.807, 2.05) is 4.68 Å². The molecule has 1 aliphatic heterocycles. The summed E-state index contributed by atoms with van der Waals surface area (Å²) in [7, 11) is 1.70. The molecule has 6 heteroatoms. The summed E-state index contributed by atoms with van der Waals surface area (Å²) in [4.78, 5) is 3.96. The molecule has 0 unspecified atom stereocenters. The lowest BCUT2D eigenvalue weighted by Gasteiger charge is -2.15. The van der Waals surface area contributed by atoms with Crippen molar-refractivity contribution in [3.63, 3.8) is 0 Å². The molecule has 3 heterocycles. The minimum Gasteiger partial charge on any atom is -0.442 e. The maximum absolute atomic E-state index is 5.36. The standard InChI is InChI=1S/C12H16N4O2/c1-17-5-4-16-10-2-3-13-6-9(10)12(15-16)11-7-14-8-18-11/h7-8,13H,2-6H2,1H3. The van der Waals surface area contributed by atoms with Crippen LogP contribution in [0.4, 0.5) is 0 Å². The number of rotatable bonds is 4. The minimum absolute atomic E-state index is 0.664. The molecule has 3 rings (SSSR count). The van der Waals surface area contributed by atoms with Gasteiger partial charge in [0.1, 0.15) is 5.69 Å². The monoisotopic (exact) mass is 248 g/mol. The minimum atomic E-state index is 0.664. The Hall–Kier alpha value is -1.66. The summed E-state index contributed by atoms with van der Waals surface area (Å²) >= 11 is 0. The first-order chi connectivity index (χ1) is 8.90. The van der Waals surface area contributed by atoms with E-state index in [0.717, 1.165) is 37.5 Å². The molecular weight excluding hydrogens is 232 g/mol. The average molecular weight is 248 g/mol. The Morgan fingerprint density at radius 2 is 2.50 bits per heavy atom. The Labute approximate surface area is 105 Å². The van der Waals surface area contributed by atoms with Gasteiger partial charge >= 0.3 is 0 Å². The Balaban J connectivity index is 2.01. The van der Waals surface area contributed by atoms with Gasteiger partial charge in [-0.2, -0.15) is 5.10 Å². The van der Waals surface area contributed by atoms with Crippen molar-refractivity contribution in [2.75, 3.05) is 20.3 Å². The van der Waals surface area contributed by atoms with Gasteiger partial charge in [-0.25, -0.2) is 4.98 Å². The highest BCUT2D eigenvalue weighted by atomic mass is 16.5. The molecule has 0 radical (unpaired) electrons. The lowest BCUT2D eigenvalue weighted by Crippen LogP contribution is -2.25. The van der Waals surface area contributed by atoms with E-state index < -0.39 is 0 Å². The molecule has 0 amide bonds. The van der Waals surface area contributed by atoms with Crippen LogP contribution < -0.4 is 5.32 Å². The summed E-state index contributed by atoms with van der Waals surface area (Å²) < 4.78 is 12.5. The van der Waals surface area contributed by atoms with Crippen LogP contribution >= 0.6 is 0 Å². The summed E-state index contributed by atoms with van der Waals surface area (Å²) in [5.41, 5.74) is 3.39. The Kier molecular flexibility index (Phi) is 3.12. The SMILES string of the molecule is COCCn1nc(-c2cnco2)c2c1CCNC2. The Morgan fingerprint density at radius 1 is 1.56 bits per heavy atom. The first-order valence-electron chi connectivity index (χ1n) is 6.07. The number of nitrogens with one attached hydrogen (secondary N) is 1. The van der Waals surface area contributed by atoms with Gasteiger partial charge in [0.05, 0.1) is 19.3 Å². The fourth-order valence-electron chi connectivity index (χ4n) is 2.31. The maximum atomic E-state index is 5.36. The van der Waals surface area contributed by atoms with Crippen molar-refractivity contribution in [1.82, 2.24) is 20.1 Å². The van der Waals surface area contributed by atoms with Crippen LogP contribution in [0.2, 0.25) is 0 Å². The zero-order chi connectivity index (χ0) is 12.4. The summed E-state index contributed by atoms with van der Waals surface area (Å²) in [5, 5.41) is 8.00. The predicted octanol–water partition coefficient (Wildman–Crippen LogP) is 0.830. The molecule has 0 aliphatic carbocycles. The number of fused-ring (bicyclic) bond motifs is 1. The molecule has 2 aromatic rings. The molecule has 6 nitrogen and oxygen atoms in total. The normalized spacial score (nSPS) is 14.7. The molecule has 0 spiro atoms. The van der Waals surface area contributed by atoms with E-state index in [4.69, 9.17) is 9.15 Å². The van der Waals surface area contributed by atoms with Gasteiger partial charge in [-0.3, -0.25) is 4.68 Å². The third kappa shape index (κ3) is 1.93. The van der Waals surface area contributed by atoms with E-state index in [-0.39, 0.29) is 0 Å². The van der Waals surface area contributed by atoms with Gasteiger partial charge in [0, 0.05) is 37.9 Å². The van der Waals surface area contributed by atoms with Crippen molar-refractivity contribution in [2.45, 2.75) is 19.5 Å². The van der Waals surface area contributed by atoms with Gasteiger partial charge < -0.3 is 14.5 Å². The van der Waals surface area contributed by atoms with Crippen LogP contribution in [-0.2, 0) is 24.2 Å². The van der Waals surface area contributed by atoms with E-state index >= 15 is 0 Å². The fourth-order valence-corrected chi connectivity index (χ4v) is 2.31. The predicted molar refractivity (Wildman–Crippen MR) is 65.0 cm³/mol. The smallest absolute Gasteiger partial charge is 0.181 e. The second kappa shape index (κ2) is 4.91. The van der Waals surface area contributed by atoms with Gasteiger partial charge in [0.25, 0.3) is 0 Å². The van der Waals surface area contributed by atoms with Crippen LogP contribution in [0, 0.1) is 0 Å². The van der Waals surface area contributed by atoms with E-state index in [1.165, 1.54) is 17.7 Å². The molecule has 18 heavy (non-hydrogen) atoms. The highest BCUT2D eigenvalue weighted by Gasteiger charge is 2.22. The van der Waals surface area contributed by atoms with Crippen LogP contribution in [0.15, 0.2) is 17.0 Å². The number of nitrogens with zero attached hydrogens (tertiary/aromatic N) is 3. The molecule has 0 fully saturated rings. The zero-order valence-electron chi connectivity index (χ0n) is 10.3. The van der Waals surface area contributed by atoms with Crippen molar-refractivity contribution in [3.05, 3.63) is 23.8 Å². The Morgan fingerprint density at radius 3 is 3.28 bits per heavy atom. The van der Waals surface area contributed by atoms with Crippen LogP contribution in [-0.4, -0.2) is 35.0 Å². The number of oxazole rings is 1. The lowest BCUT2D eigenvalue weighted by atomic mass is 10.1. The lowest BCUT2D eigenvalue weighted by molar-refractivity contribution is 0.182. The first kappa shape index (κ1) is 11.4. The van der Waals surface area contributed by atoms with Crippen LogP contribution in [0.3, 0.4) is 0 Å². The van der Waals surface area contributed by atoms with E-state index in [9.17, 15) is 0 Å². The molecule has 1 N–H and O–H groups in total. The third-order valence-corrected chi connectivity index (χ3v) is 3.18. The highest BCUT2D eigenvalue weighted by Crippen LogP contribution is 2.27. The quantitative estimate of drug-likeness (QED) is 0.868. The summed E-state index contributed by atoms with van der Waals surface area (Å²) in [6.07, 6.45) is 4.13. The van der Waals surface area contributed by atoms with E-state index in [1.54, 1.807) is 13.3 Å². The second-order valence-electron chi connectivity index (χ2n) is 4.28. The molecular formula is C12H16N4O2. The van der Waals surface area contributed by atoms with Crippen LogP contribution in [0.5, 0.6) is 0 Å². The number of ether oxygens (including phenoxy) is 1. The zero-order valence-corrected chi connectivity index (χ0v) is 10.3. The Bertz CT molecular complexity index is 518. The molecule has 96 valence electrons. The van der Waals surface area contributed by atoms with Crippen LogP contribution in [0.1, 0.15) is 11.3 Å². The van der Waals surface area contributed by atoms with Crippen molar-refractivity contribution < 1.29 is 9.15 Å². The first-order valence-corrected chi connectivity index (χ1v) is 6.07. The second-order valence-corrected chi connectivity index (χ2v) is 4.28. The van der Waals surface area contributed by atoms with Crippen molar-refractivity contribution in [3.8, 4) is 11.5 Å². The van der Waals surface area contributed by atoms with E-state index in [0.29, 0.717) is 6.61 Å². The molecule has 0 bridgehead atoms. The molecule has 2 aromatic heterocycles.